The highest BCUT2D eigenvalue weighted by Crippen LogP contribution is 2.44. The number of hydrogen-bond acceptors (Lipinski definition) is 6. The summed E-state index contributed by atoms with van der Waals surface area (Å²) in [5.41, 5.74) is 0.858. The van der Waals surface area contributed by atoms with Crippen molar-refractivity contribution in [3.05, 3.63) is 65.2 Å². The topological polar surface area (TPSA) is 68.3 Å². The molecule has 1 aliphatic heterocycles. The molecule has 1 saturated heterocycles. The number of amides is 1. The van der Waals surface area contributed by atoms with Gasteiger partial charge in [-0.1, -0.05) is 30.3 Å². The molecule has 0 aromatic heterocycles. The SMILES string of the molecule is COC(=O)[C@@H]1C[C@H](Oc2cc(C[C@H]3CC[C@](c4ccccc4)(N(C)C)CC3)c(F)cc2F)CN1C(=O)OC(C)(C)C. The number of rotatable bonds is 7. The smallest absolute Gasteiger partial charge is 0.411 e. The van der Waals surface area contributed by atoms with E-state index in [9.17, 15) is 18.4 Å². The fraction of sp³-hybridized carbons (Fsp3) is 0.562. The number of esters is 1. The molecule has 1 saturated carbocycles. The molecule has 0 bridgehead atoms. The molecule has 0 N–H and O–H groups in total. The van der Waals surface area contributed by atoms with Crippen molar-refractivity contribution in [3.8, 4) is 5.75 Å². The Morgan fingerprint density at radius 2 is 1.71 bits per heavy atom. The number of nitrogens with zero attached hydrogens (tertiary/aromatic N) is 2. The highest BCUT2D eigenvalue weighted by molar-refractivity contribution is 5.82. The largest absolute Gasteiger partial charge is 0.485 e. The summed E-state index contributed by atoms with van der Waals surface area (Å²) in [5, 5.41) is 0. The van der Waals surface area contributed by atoms with E-state index in [2.05, 4.69) is 43.3 Å². The van der Waals surface area contributed by atoms with Crippen LogP contribution in [-0.4, -0.2) is 67.4 Å². The molecule has 0 radical (unpaired) electrons. The van der Waals surface area contributed by atoms with Crippen LogP contribution in [0, 0.1) is 17.6 Å². The third kappa shape index (κ3) is 7.00. The van der Waals surface area contributed by atoms with Gasteiger partial charge in [-0.2, -0.15) is 0 Å². The molecular formula is C32H42F2N2O5. The lowest BCUT2D eigenvalue weighted by molar-refractivity contribution is -0.145. The lowest BCUT2D eigenvalue weighted by Crippen LogP contribution is -2.44. The molecule has 0 unspecified atom stereocenters. The van der Waals surface area contributed by atoms with E-state index in [0.29, 0.717) is 12.0 Å². The number of halogens is 2. The number of hydrogen-bond donors (Lipinski definition) is 0. The summed E-state index contributed by atoms with van der Waals surface area (Å²) in [5.74, 6) is -1.88. The predicted molar refractivity (Wildman–Crippen MR) is 152 cm³/mol. The molecule has 1 heterocycles. The summed E-state index contributed by atoms with van der Waals surface area (Å²) >= 11 is 0. The van der Waals surface area contributed by atoms with Crippen molar-refractivity contribution >= 4 is 12.1 Å². The van der Waals surface area contributed by atoms with Crippen LogP contribution >= 0.6 is 0 Å². The van der Waals surface area contributed by atoms with Crippen LogP contribution in [0.2, 0.25) is 0 Å². The van der Waals surface area contributed by atoms with Gasteiger partial charge in [0.1, 0.15) is 23.6 Å². The molecule has 2 fully saturated rings. The van der Waals surface area contributed by atoms with Crippen molar-refractivity contribution in [2.24, 2.45) is 5.92 Å². The maximum absolute atomic E-state index is 14.9. The fourth-order valence-electron chi connectivity index (χ4n) is 6.17. The van der Waals surface area contributed by atoms with E-state index in [4.69, 9.17) is 14.2 Å². The zero-order valence-electron chi connectivity index (χ0n) is 24.9. The second-order valence-electron chi connectivity index (χ2n) is 12.5. The molecule has 1 amide bonds. The van der Waals surface area contributed by atoms with E-state index in [0.717, 1.165) is 31.7 Å². The van der Waals surface area contributed by atoms with Crippen molar-refractivity contribution in [1.29, 1.82) is 0 Å². The average molecular weight is 573 g/mol. The molecule has 1 aliphatic carbocycles. The van der Waals surface area contributed by atoms with Gasteiger partial charge in [-0.05, 0) is 90.1 Å². The minimum absolute atomic E-state index is 0.00948. The van der Waals surface area contributed by atoms with Crippen molar-refractivity contribution < 1.29 is 32.6 Å². The number of ether oxygens (including phenoxy) is 3. The molecule has 9 heteroatoms. The van der Waals surface area contributed by atoms with Gasteiger partial charge in [-0.25, -0.2) is 18.4 Å². The summed E-state index contributed by atoms with van der Waals surface area (Å²) < 4.78 is 46.1. The van der Waals surface area contributed by atoms with Gasteiger partial charge < -0.3 is 14.2 Å². The Hall–Kier alpha value is -3.20. The summed E-state index contributed by atoms with van der Waals surface area (Å²) in [6.07, 6.45) is 2.91. The van der Waals surface area contributed by atoms with Gasteiger partial charge >= 0.3 is 12.1 Å². The van der Waals surface area contributed by atoms with Crippen molar-refractivity contribution in [3.63, 3.8) is 0 Å². The lowest BCUT2D eigenvalue weighted by Gasteiger charge is -2.45. The maximum atomic E-state index is 14.9. The third-order valence-electron chi connectivity index (χ3n) is 8.37. The van der Waals surface area contributed by atoms with E-state index in [1.807, 2.05) is 6.07 Å². The molecule has 224 valence electrons. The maximum Gasteiger partial charge on any atom is 0.411 e. The first-order valence-electron chi connectivity index (χ1n) is 14.3. The summed E-state index contributed by atoms with van der Waals surface area (Å²) in [6, 6.07) is 11.8. The minimum Gasteiger partial charge on any atom is -0.485 e. The quantitative estimate of drug-likeness (QED) is 0.375. The van der Waals surface area contributed by atoms with Crippen molar-refractivity contribution in [2.45, 2.75) is 82.6 Å². The average Bonchev–Trinajstić information content (AvgIpc) is 3.35. The molecule has 0 spiro atoms. The Kier molecular flexibility index (Phi) is 9.26. The second-order valence-corrected chi connectivity index (χ2v) is 12.5. The Balaban J connectivity index is 1.46. The first kappa shape index (κ1) is 30.8. The van der Waals surface area contributed by atoms with Gasteiger partial charge in [-0.3, -0.25) is 9.80 Å². The van der Waals surface area contributed by atoms with Gasteiger partial charge in [0, 0.05) is 18.0 Å². The van der Waals surface area contributed by atoms with E-state index < -0.39 is 41.4 Å². The number of carbonyl (C=O) groups excluding carboxylic acids is 2. The van der Waals surface area contributed by atoms with Crippen LogP contribution in [0.1, 0.15) is 64.0 Å². The third-order valence-corrected chi connectivity index (χ3v) is 8.37. The van der Waals surface area contributed by atoms with Crippen LogP contribution in [0.15, 0.2) is 42.5 Å². The van der Waals surface area contributed by atoms with Crippen molar-refractivity contribution in [2.75, 3.05) is 27.7 Å². The Morgan fingerprint density at radius 1 is 1.05 bits per heavy atom. The van der Waals surface area contributed by atoms with Gasteiger partial charge in [0.05, 0.1) is 13.7 Å². The Morgan fingerprint density at radius 3 is 2.29 bits per heavy atom. The first-order valence-corrected chi connectivity index (χ1v) is 14.3. The van der Waals surface area contributed by atoms with Gasteiger partial charge in [0.25, 0.3) is 0 Å². The molecule has 41 heavy (non-hydrogen) atoms. The summed E-state index contributed by atoms with van der Waals surface area (Å²) in [6.45, 7) is 5.19. The number of carbonyl (C=O) groups is 2. The highest BCUT2D eigenvalue weighted by Gasteiger charge is 2.44. The summed E-state index contributed by atoms with van der Waals surface area (Å²) in [4.78, 5) is 28.7. The first-order chi connectivity index (χ1) is 19.3. The van der Waals surface area contributed by atoms with Crippen LogP contribution in [-0.2, 0) is 26.2 Å². The van der Waals surface area contributed by atoms with Crippen molar-refractivity contribution in [1.82, 2.24) is 9.80 Å². The molecule has 7 nitrogen and oxygen atoms in total. The minimum atomic E-state index is -0.924. The highest BCUT2D eigenvalue weighted by atomic mass is 19.1. The molecule has 2 atom stereocenters. The van der Waals surface area contributed by atoms with E-state index >= 15 is 0 Å². The Labute approximate surface area is 241 Å². The molecular weight excluding hydrogens is 530 g/mol. The lowest BCUT2D eigenvalue weighted by atomic mass is 9.70. The molecule has 4 rings (SSSR count). The molecule has 2 aromatic carbocycles. The number of likely N-dealkylation sites (tertiary alicyclic amines) is 1. The number of benzene rings is 2. The molecule has 2 aliphatic rings. The second kappa shape index (κ2) is 12.3. The van der Waals surface area contributed by atoms with Crippen LogP contribution in [0.5, 0.6) is 5.75 Å². The van der Waals surface area contributed by atoms with Gasteiger partial charge in [0.15, 0.2) is 11.6 Å². The van der Waals surface area contributed by atoms with Crippen LogP contribution < -0.4 is 4.74 Å². The van der Waals surface area contributed by atoms with Crippen LogP contribution in [0.25, 0.3) is 0 Å². The zero-order valence-corrected chi connectivity index (χ0v) is 24.9. The number of methoxy groups -OCH3 is 1. The monoisotopic (exact) mass is 572 g/mol. The standard InChI is InChI=1S/C32H42F2N2O5/c1-31(2,3)41-30(38)36-20-24(18-27(36)29(37)39-6)40-28-17-22(25(33)19-26(28)34)16-21-12-14-32(15-13-21,35(4)5)23-10-8-7-9-11-23/h7-11,17,19,21,24,27H,12-16,18,20H2,1-6H3/t21-,24-,27-,32-/m0/s1. The van der Waals surface area contributed by atoms with Crippen LogP contribution in [0.4, 0.5) is 13.6 Å². The van der Waals surface area contributed by atoms with Gasteiger partial charge in [-0.15, -0.1) is 0 Å². The normalized spacial score (nSPS) is 24.8. The molecule has 2 aromatic rings. The fourth-order valence-corrected chi connectivity index (χ4v) is 6.17. The predicted octanol–water partition coefficient (Wildman–Crippen LogP) is 6.08. The van der Waals surface area contributed by atoms with Crippen LogP contribution in [0.3, 0.4) is 0 Å². The van der Waals surface area contributed by atoms with E-state index in [1.165, 1.54) is 23.6 Å². The zero-order chi connectivity index (χ0) is 29.9. The Bertz CT molecular complexity index is 1220. The van der Waals surface area contributed by atoms with E-state index in [1.54, 1.807) is 20.8 Å². The van der Waals surface area contributed by atoms with E-state index in [-0.39, 0.29) is 30.2 Å². The summed E-state index contributed by atoms with van der Waals surface area (Å²) in [7, 11) is 5.45. The van der Waals surface area contributed by atoms with Gasteiger partial charge in [0.2, 0.25) is 0 Å².